The summed E-state index contributed by atoms with van der Waals surface area (Å²) in [5, 5.41) is 38.6. The van der Waals surface area contributed by atoms with E-state index in [2.05, 4.69) is 0 Å². The van der Waals surface area contributed by atoms with Crippen molar-refractivity contribution in [2.24, 2.45) is 0 Å². The summed E-state index contributed by atoms with van der Waals surface area (Å²) in [6, 6.07) is 12.9. The normalized spacial score (nSPS) is 10.6. The first-order chi connectivity index (χ1) is 13.2. The van der Waals surface area contributed by atoms with E-state index in [1.165, 1.54) is 18.2 Å². The molecule has 6 nitrogen and oxygen atoms in total. The third-order valence-corrected chi connectivity index (χ3v) is 4.65. The molecule has 0 aliphatic rings. The Labute approximate surface area is 161 Å². The standard InChI is InChI=1S/C22H18O6/c1-11-9-17(15-6-7-18(23)19(20(15)24)22(27)28)12(2)8-16(11)13-4-3-5-14(10-13)21(25)26/h3-10,23-24H,1-2H3,(H,25,26)(H,27,28). The molecule has 0 aliphatic heterocycles. The topological polar surface area (TPSA) is 115 Å². The average Bonchev–Trinajstić information content (AvgIpc) is 2.63. The number of aromatic hydroxyl groups is 2. The molecule has 4 N–H and O–H groups in total. The minimum Gasteiger partial charge on any atom is -0.507 e. The summed E-state index contributed by atoms with van der Waals surface area (Å²) in [5.41, 5.74) is 3.71. The summed E-state index contributed by atoms with van der Waals surface area (Å²) in [6.07, 6.45) is 0. The fourth-order valence-corrected chi connectivity index (χ4v) is 3.25. The van der Waals surface area contributed by atoms with Gasteiger partial charge in [-0.25, -0.2) is 9.59 Å². The second-order valence-corrected chi connectivity index (χ2v) is 6.53. The van der Waals surface area contributed by atoms with Gasteiger partial charge in [0.1, 0.15) is 17.1 Å². The number of benzene rings is 3. The number of carbonyl (C=O) groups is 2. The van der Waals surface area contributed by atoms with E-state index in [4.69, 9.17) is 0 Å². The van der Waals surface area contributed by atoms with Gasteiger partial charge in [-0.05, 0) is 65.9 Å². The van der Waals surface area contributed by atoms with Gasteiger partial charge in [0.15, 0.2) is 0 Å². The van der Waals surface area contributed by atoms with Crippen LogP contribution in [0.25, 0.3) is 22.3 Å². The van der Waals surface area contributed by atoms with Crippen LogP contribution >= 0.6 is 0 Å². The second kappa shape index (κ2) is 7.08. The van der Waals surface area contributed by atoms with Gasteiger partial charge in [-0.2, -0.15) is 0 Å². The van der Waals surface area contributed by atoms with E-state index < -0.39 is 29.0 Å². The van der Waals surface area contributed by atoms with Crippen LogP contribution in [0.4, 0.5) is 0 Å². The first-order valence-corrected chi connectivity index (χ1v) is 8.44. The monoisotopic (exact) mass is 378 g/mol. The fraction of sp³-hybridized carbons (Fsp3) is 0.0909. The van der Waals surface area contributed by atoms with Crippen LogP contribution in [0.3, 0.4) is 0 Å². The molecule has 0 heterocycles. The molecule has 0 atom stereocenters. The zero-order valence-electron chi connectivity index (χ0n) is 15.2. The van der Waals surface area contributed by atoms with E-state index >= 15 is 0 Å². The molecule has 142 valence electrons. The smallest absolute Gasteiger partial charge is 0.343 e. The zero-order chi connectivity index (χ0) is 20.6. The van der Waals surface area contributed by atoms with Crippen LogP contribution in [0.2, 0.25) is 0 Å². The van der Waals surface area contributed by atoms with Crippen molar-refractivity contribution in [3.63, 3.8) is 0 Å². The van der Waals surface area contributed by atoms with Gasteiger partial charge in [0, 0.05) is 5.56 Å². The Balaban J connectivity index is 2.17. The van der Waals surface area contributed by atoms with Crippen LogP contribution in [0, 0.1) is 13.8 Å². The first kappa shape index (κ1) is 19.0. The molecule has 6 heteroatoms. The lowest BCUT2D eigenvalue weighted by Crippen LogP contribution is -1.99. The van der Waals surface area contributed by atoms with Gasteiger partial charge in [-0.15, -0.1) is 0 Å². The van der Waals surface area contributed by atoms with Gasteiger partial charge in [0.25, 0.3) is 0 Å². The Bertz CT molecular complexity index is 1110. The summed E-state index contributed by atoms with van der Waals surface area (Å²) in [5.74, 6) is -3.45. The van der Waals surface area contributed by atoms with Crippen molar-refractivity contribution in [1.29, 1.82) is 0 Å². The summed E-state index contributed by atoms with van der Waals surface area (Å²) in [7, 11) is 0. The highest BCUT2D eigenvalue weighted by atomic mass is 16.4. The molecule has 0 aliphatic carbocycles. The number of rotatable bonds is 4. The van der Waals surface area contributed by atoms with Crippen molar-refractivity contribution in [1.82, 2.24) is 0 Å². The molecule has 0 unspecified atom stereocenters. The lowest BCUT2D eigenvalue weighted by atomic mass is 9.90. The predicted octanol–water partition coefficient (Wildman–Crippen LogP) is 4.45. The molecule has 0 saturated carbocycles. The third kappa shape index (κ3) is 3.27. The van der Waals surface area contributed by atoms with Crippen molar-refractivity contribution in [2.45, 2.75) is 13.8 Å². The summed E-state index contributed by atoms with van der Waals surface area (Å²) in [4.78, 5) is 22.6. The number of hydrogen-bond donors (Lipinski definition) is 4. The van der Waals surface area contributed by atoms with Crippen LogP contribution in [-0.2, 0) is 0 Å². The van der Waals surface area contributed by atoms with Crippen molar-refractivity contribution in [3.05, 3.63) is 70.8 Å². The Kier molecular flexibility index (Phi) is 4.79. The Morgan fingerprint density at radius 2 is 1.39 bits per heavy atom. The largest absolute Gasteiger partial charge is 0.507 e. The van der Waals surface area contributed by atoms with Crippen molar-refractivity contribution in [2.75, 3.05) is 0 Å². The van der Waals surface area contributed by atoms with Gasteiger partial charge >= 0.3 is 11.9 Å². The quantitative estimate of drug-likeness (QED) is 0.533. The maximum Gasteiger partial charge on any atom is 0.343 e. The molecule has 3 aromatic carbocycles. The number of aromatic carboxylic acids is 2. The first-order valence-electron chi connectivity index (χ1n) is 8.44. The highest BCUT2D eigenvalue weighted by Crippen LogP contribution is 2.40. The van der Waals surface area contributed by atoms with Crippen molar-refractivity contribution >= 4 is 11.9 Å². The molecule has 0 aromatic heterocycles. The van der Waals surface area contributed by atoms with Gasteiger partial charge in [-0.1, -0.05) is 24.3 Å². The molecule has 0 amide bonds. The highest BCUT2D eigenvalue weighted by Gasteiger charge is 2.21. The lowest BCUT2D eigenvalue weighted by Gasteiger charge is -2.15. The van der Waals surface area contributed by atoms with E-state index in [1.54, 1.807) is 18.2 Å². The van der Waals surface area contributed by atoms with Gasteiger partial charge in [-0.3, -0.25) is 0 Å². The van der Waals surface area contributed by atoms with E-state index in [0.717, 1.165) is 22.3 Å². The summed E-state index contributed by atoms with van der Waals surface area (Å²) >= 11 is 0. The second-order valence-electron chi connectivity index (χ2n) is 6.53. The minimum atomic E-state index is -1.42. The minimum absolute atomic E-state index is 0.181. The Morgan fingerprint density at radius 3 is 2.04 bits per heavy atom. The van der Waals surface area contributed by atoms with E-state index in [-0.39, 0.29) is 5.56 Å². The van der Waals surface area contributed by atoms with Crippen LogP contribution in [0.5, 0.6) is 11.5 Å². The van der Waals surface area contributed by atoms with Crippen molar-refractivity contribution in [3.8, 4) is 33.8 Å². The molecule has 0 spiro atoms. The molecule has 3 aromatic rings. The fourth-order valence-electron chi connectivity index (χ4n) is 3.25. The molecule has 28 heavy (non-hydrogen) atoms. The Morgan fingerprint density at radius 1 is 0.750 bits per heavy atom. The number of phenols is 2. The third-order valence-electron chi connectivity index (χ3n) is 4.65. The number of aryl methyl sites for hydroxylation is 2. The molecular formula is C22H18O6. The number of hydrogen-bond acceptors (Lipinski definition) is 4. The number of carboxylic acids is 2. The van der Waals surface area contributed by atoms with Gasteiger partial charge in [0.05, 0.1) is 5.56 Å². The molecule has 0 radical (unpaired) electrons. The number of carboxylic acid groups (broad SMARTS) is 2. The molecule has 0 saturated heterocycles. The van der Waals surface area contributed by atoms with E-state index in [1.807, 2.05) is 26.0 Å². The van der Waals surface area contributed by atoms with Gasteiger partial charge < -0.3 is 20.4 Å². The summed E-state index contributed by atoms with van der Waals surface area (Å²) < 4.78 is 0. The van der Waals surface area contributed by atoms with Gasteiger partial charge in [0.2, 0.25) is 0 Å². The maximum absolute atomic E-state index is 11.3. The molecule has 0 fully saturated rings. The zero-order valence-corrected chi connectivity index (χ0v) is 15.2. The summed E-state index contributed by atoms with van der Waals surface area (Å²) in [6.45, 7) is 3.66. The van der Waals surface area contributed by atoms with Crippen LogP contribution < -0.4 is 0 Å². The highest BCUT2D eigenvalue weighted by molar-refractivity contribution is 5.97. The molecular weight excluding hydrogens is 360 g/mol. The van der Waals surface area contributed by atoms with E-state index in [0.29, 0.717) is 11.1 Å². The molecule has 0 bridgehead atoms. The SMILES string of the molecule is Cc1cc(-c2ccc(O)c(C(=O)O)c2O)c(C)cc1-c1cccc(C(=O)O)c1. The van der Waals surface area contributed by atoms with E-state index in [9.17, 15) is 30.0 Å². The maximum atomic E-state index is 11.3. The van der Waals surface area contributed by atoms with Crippen molar-refractivity contribution < 1.29 is 30.0 Å². The molecule has 3 rings (SSSR count). The van der Waals surface area contributed by atoms with Crippen LogP contribution in [-0.4, -0.2) is 32.4 Å². The van der Waals surface area contributed by atoms with Crippen LogP contribution in [0.1, 0.15) is 31.8 Å². The average molecular weight is 378 g/mol. The van der Waals surface area contributed by atoms with Crippen LogP contribution in [0.15, 0.2) is 48.5 Å². The Hall–Kier alpha value is -3.80. The predicted molar refractivity (Wildman–Crippen MR) is 104 cm³/mol. The lowest BCUT2D eigenvalue weighted by molar-refractivity contribution is 0.0682.